The number of phenols is 3. The van der Waals surface area contributed by atoms with Gasteiger partial charge < -0.3 is 25.0 Å². The van der Waals surface area contributed by atoms with Crippen molar-refractivity contribution in [1.29, 1.82) is 0 Å². The minimum atomic E-state index is 0.0847. The maximum absolute atomic E-state index is 10.1. The fourth-order valence-corrected chi connectivity index (χ4v) is 3.64. The van der Waals surface area contributed by atoms with Gasteiger partial charge >= 0.3 is 0 Å². The fraction of sp³-hybridized carbons (Fsp3) is 0.111. The Kier molecular flexibility index (Phi) is 5.65. The Morgan fingerprint density at radius 1 is 0.625 bits per heavy atom. The number of hydrogen-bond acceptors (Lipinski definition) is 5. The van der Waals surface area contributed by atoms with Crippen LogP contribution in [0.5, 0.6) is 28.7 Å². The average molecular weight is 428 g/mol. The Bertz CT molecular complexity index is 1190. The van der Waals surface area contributed by atoms with Crippen LogP contribution in [0.15, 0.2) is 78.9 Å². The first-order chi connectivity index (χ1) is 15.3. The summed E-state index contributed by atoms with van der Waals surface area (Å²) in [6.45, 7) is 5.82. The van der Waals surface area contributed by atoms with E-state index in [1.807, 2.05) is 68.1 Å². The molecule has 0 saturated heterocycles. The van der Waals surface area contributed by atoms with E-state index in [-0.39, 0.29) is 17.2 Å². The standard InChI is InChI=1S/C27H25NO4/c1-17-7-11-21(29)15-24(17)28(25-16-22(30)12-8-18(25)2)20-9-13-23(14-10-20)32-27-19(3)5-4-6-26(27)31/h4-16,29-31H,1-3H3. The first kappa shape index (κ1) is 21.1. The van der Waals surface area contributed by atoms with E-state index in [2.05, 4.69) is 0 Å². The summed E-state index contributed by atoms with van der Waals surface area (Å²) in [5, 5.41) is 30.4. The SMILES string of the molecule is Cc1ccc(O)cc1N(c1ccc(Oc2c(C)cccc2O)cc1)c1cc(O)ccc1C. The number of para-hydroxylation sites is 1. The van der Waals surface area contributed by atoms with Crippen molar-refractivity contribution in [3.05, 3.63) is 95.6 Å². The van der Waals surface area contributed by atoms with Gasteiger partial charge in [0.2, 0.25) is 0 Å². The van der Waals surface area contributed by atoms with Gasteiger partial charge in [-0.1, -0.05) is 24.3 Å². The Hall–Kier alpha value is -4.12. The average Bonchev–Trinajstić information content (AvgIpc) is 2.77. The van der Waals surface area contributed by atoms with Crippen LogP contribution >= 0.6 is 0 Å². The molecule has 0 radical (unpaired) electrons. The molecule has 0 amide bonds. The minimum Gasteiger partial charge on any atom is -0.508 e. The third kappa shape index (κ3) is 4.18. The van der Waals surface area contributed by atoms with Crippen LogP contribution in [0.3, 0.4) is 0 Å². The summed E-state index contributed by atoms with van der Waals surface area (Å²) in [5.41, 5.74) is 5.19. The maximum atomic E-state index is 10.1. The number of rotatable bonds is 5. The van der Waals surface area contributed by atoms with Crippen molar-refractivity contribution >= 4 is 17.1 Å². The summed E-state index contributed by atoms with van der Waals surface area (Å²) in [5.74, 6) is 1.40. The zero-order valence-electron chi connectivity index (χ0n) is 18.2. The van der Waals surface area contributed by atoms with E-state index >= 15 is 0 Å². The van der Waals surface area contributed by atoms with Crippen LogP contribution in [-0.4, -0.2) is 15.3 Å². The van der Waals surface area contributed by atoms with Gasteiger partial charge in [0.05, 0.1) is 11.4 Å². The second kappa shape index (κ2) is 8.55. The Morgan fingerprint density at radius 3 is 1.72 bits per heavy atom. The lowest BCUT2D eigenvalue weighted by molar-refractivity contribution is 0.409. The van der Waals surface area contributed by atoms with Crippen LogP contribution in [0.4, 0.5) is 17.1 Å². The molecular formula is C27H25NO4. The molecule has 4 aromatic rings. The molecule has 0 unspecified atom stereocenters. The van der Waals surface area contributed by atoms with Crippen molar-refractivity contribution in [3.8, 4) is 28.7 Å². The molecule has 0 atom stereocenters. The summed E-state index contributed by atoms with van der Waals surface area (Å²) in [6, 6.07) is 23.1. The van der Waals surface area contributed by atoms with Crippen LogP contribution in [0.2, 0.25) is 0 Å². The van der Waals surface area contributed by atoms with E-state index in [0.717, 1.165) is 33.8 Å². The molecule has 0 bridgehead atoms. The molecule has 0 aliphatic carbocycles. The van der Waals surface area contributed by atoms with Crippen LogP contribution in [-0.2, 0) is 0 Å². The minimum absolute atomic E-state index is 0.0847. The van der Waals surface area contributed by atoms with Gasteiger partial charge in [0, 0.05) is 17.8 Å². The molecule has 0 heterocycles. The molecule has 4 aromatic carbocycles. The summed E-state index contributed by atoms with van der Waals surface area (Å²) in [7, 11) is 0. The summed E-state index contributed by atoms with van der Waals surface area (Å²) in [6.07, 6.45) is 0. The van der Waals surface area contributed by atoms with Gasteiger partial charge in [-0.25, -0.2) is 0 Å². The normalized spacial score (nSPS) is 10.7. The quantitative estimate of drug-likeness (QED) is 0.320. The maximum Gasteiger partial charge on any atom is 0.171 e. The molecule has 0 saturated carbocycles. The van der Waals surface area contributed by atoms with Crippen LogP contribution in [0, 0.1) is 20.8 Å². The first-order valence-corrected chi connectivity index (χ1v) is 10.3. The molecule has 3 N–H and O–H groups in total. The van der Waals surface area contributed by atoms with Crippen molar-refractivity contribution in [2.24, 2.45) is 0 Å². The highest BCUT2D eigenvalue weighted by molar-refractivity contribution is 5.81. The third-order valence-electron chi connectivity index (χ3n) is 5.37. The van der Waals surface area contributed by atoms with Gasteiger partial charge in [-0.2, -0.15) is 0 Å². The Labute approximate surface area is 187 Å². The van der Waals surface area contributed by atoms with Crippen molar-refractivity contribution in [3.63, 3.8) is 0 Å². The molecule has 0 aliphatic rings. The molecule has 5 heteroatoms. The van der Waals surface area contributed by atoms with Gasteiger partial charge in [-0.3, -0.25) is 0 Å². The lowest BCUT2D eigenvalue weighted by Gasteiger charge is -2.28. The Balaban J connectivity index is 1.78. The zero-order valence-corrected chi connectivity index (χ0v) is 18.2. The second-order valence-electron chi connectivity index (χ2n) is 7.80. The van der Waals surface area contributed by atoms with Crippen molar-refractivity contribution in [1.82, 2.24) is 0 Å². The number of nitrogens with zero attached hydrogens (tertiary/aromatic N) is 1. The molecule has 5 nitrogen and oxygen atoms in total. The topological polar surface area (TPSA) is 73.2 Å². The van der Waals surface area contributed by atoms with Crippen LogP contribution in [0.25, 0.3) is 0 Å². The van der Waals surface area contributed by atoms with Crippen LogP contribution < -0.4 is 9.64 Å². The highest BCUT2D eigenvalue weighted by Crippen LogP contribution is 2.42. The molecule has 162 valence electrons. The molecular weight excluding hydrogens is 402 g/mol. The number of hydrogen-bond donors (Lipinski definition) is 3. The van der Waals surface area contributed by atoms with Crippen LogP contribution in [0.1, 0.15) is 16.7 Å². The fourth-order valence-electron chi connectivity index (χ4n) is 3.64. The van der Waals surface area contributed by atoms with Gasteiger partial charge in [-0.15, -0.1) is 0 Å². The molecule has 0 spiro atoms. The number of aromatic hydroxyl groups is 3. The van der Waals surface area contributed by atoms with E-state index in [1.165, 1.54) is 0 Å². The highest BCUT2D eigenvalue weighted by Gasteiger charge is 2.18. The van der Waals surface area contributed by atoms with Gasteiger partial charge in [0.1, 0.15) is 17.2 Å². The lowest BCUT2D eigenvalue weighted by Crippen LogP contribution is -2.12. The van der Waals surface area contributed by atoms with Gasteiger partial charge in [0.25, 0.3) is 0 Å². The monoisotopic (exact) mass is 427 g/mol. The number of phenolic OH excluding ortho intramolecular Hbond substituents is 3. The molecule has 0 fully saturated rings. The molecule has 32 heavy (non-hydrogen) atoms. The highest BCUT2D eigenvalue weighted by atomic mass is 16.5. The summed E-state index contributed by atoms with van der Waals surface area (Å²) < 4.78 is 5.92. The van der Waals surface area contributed by atoms with Crippen molar-refractivity contribution in [2.75, 3.05) is 4.90 Å². The molecule has 0 aromatic heterocycles. The predicted molar refractivity (Wildman–Crippen MR) is 127 cm³/mol. The summed E-state index contributed by atoms with van der Waals surface area (Å²) >= 11 is 0. The summed E-state index contributed by atoms with van der Waals surface area (Å²) in [4.78, 5) is 1.99. The van der Waals surface area contributed by atoms with E-state index in [4.69, 9.17) is 4.74 Å². The van der Waals surface area contributed by atoms with E-state index in [9.17, 15) is 15.3 Å². The smallest absolute Gasteiger partial charge is 0.171 e. The molecule has 0 aliphatic heterocycles. The van der Waals surface area contributed by atoms with E-state index in [1.54, 1.807) is 36.4 Å². The van der Waals surface area contributed by atoms with E-state index < -0.39 is 0 Å². The number of ether oxygens (including phenoxy) is 1. The second-order valence-corrected chi connectivity index (χ2v) is 7.80. The Morgan fingerprint density at radius 2 is 1.19 bits per heavy atom. The van der Waals surface area contributed by atoms with Crippen molar-refractivity contribution in [2.45, 2.75) is 20.8 Å². The zero-order chi connectivity index (χ0) is 22.8. The van der Waals surface area contributed by atoms with Gasteiger partial charge in [-0.05, 0) is 79.9 Å². The van der Waals surface area contributed by atoms with Crippen molar-refractivity contribution < 1.29 is 20.1 Å². The third-order valence-corrected chi connectivity index (χ3v) is 5.37. The first-order valence-electron chi connectivity index (χ1n) is 10.3. The molecule has 4 rings (SSSR count). The van der Waals surface area contributed by atoms with E-state index in [0.29, 0.717) is 11.5 Å². The number of benzene rings is 4. The number of anilines is 3. The largest absolute Gasteiger partial charge is 0.508 e. The number of aryl methyl sites for hydroxylation is 3. The lowest BCUT2D eigenvalue weighted by atomic mass is 10.1. The van der Waals surface area contributed by atoms with Gasteiger partial charge in [0.15, 0.2) is 11.5 Å². The predicted octanol–water partition coefficient (Wildman–Crippen LogP) is 6.99.